The van der Waals surface area contributed by atoms with Gasteiger partial charge in [-0.25, -0.2) is 0 Å². The van der Waals surface area contributed by atoms with Crippen LogP contribution in [0, 0.1) is 5.92 Å². The highest BCUT2D eigenvalue weighted by atomic mass is 16.2. The molecule has 1 fully saturated rings. The number of hydrogen-bond donors (Lipinski definition) is 0. The van der Waals surface area contributed by atoms with E-state index in [0.717, 1.165) is 30.5 Å². The summed E-state index contributed by atoms with van der Waals surface area (Å²) in [6.45, 7) is 1.02. The molecule has 2 aromatic rings. The van der Waals surface area contributed by atoms with Crippen molar-refractivity contribution in [3.05, 3.63) is 83.6 Å². The second kappa shape index (κ2) is 9.80. The molecule has 0 bridgehead atoms. The third-order valence-corrected chi connectivity index (χ3v) is 7.14. The van der Waals surface area contributed by atoms with Crippen LogP contribution in [0.3, 0.4) is 0 Å². The molecule has 2 heterocycles. The number of carbonyl (C=O) groups is 3. The summed E-state index contributed by atoms with van der Waals surface area (Å²) in [5.41, 5.74) is 3.56. The largest absolute Gasteiger partial charge is 0.316 e. The van der Waals surface area contributed by atoms with E-state index in [0.29, 0.717) is 29.9 Å². The molecule has 5 heteroatoms. The lowest BCUT2D eigenvalue weighted by Gasteiger charge is -2.38. The van der Waals surface area contributed by atoms with E-state index < -0.39 is 0 Å². The Hall–Kier alpha value is -3.47. The number of hydrogen-bond acceptors (Lipinski definition) is 3. The fourth-order valence-corrected chi connectivity index (χ4v) is 5.49. The number of fused-ring (bicyclic) bond motifs is 1. The van der Waals surface area contributed by atoms with Gasteiger partial charge in [0.15, 0.2) is 0 Å². The molecule has 5 rings (SSSR count). The van der Waals surface area contributed by atoms with Crippen molar-refractivity contribution in [1.29, 1.82) is 0 Å². The molecule has 1 unspecified atom stereocenters. The smallest absolute Gasteiger partial charge is 0.262 e. The Morgan fingerprint density at radius 1 is 0.824 bits per heavy atom. The molecule has 0 N–H and O–H groups in total. The number of amides is 3. The van der Waals surface area contributed by atoms with Crippen molar-refractivity contribution in [3.63, 3.8) is 0 Å². The van der Waals surface area contributed by atoms with Crippen LogP contribution in [0.1, 0.15) is 56.1 Å². The average molecular weight is 455 g/mol. The van der Waals surface area contributed by atoms with E-state index in [1.165, 1.54) is 29.9 Å². The Morgan fingerprint density at radius 2 is 1.41 bits per heavy atom. The minimum atomic E-state index is -0.282. The minimum absolute atomic E-state index is 0.108. The summed E-state index contributed by atoms with van der Waals surface area (Å²) in [5.74, 6) is 0.0572. The maximum atomic E-state index is 13.4. The third kappa shape index (κ3) is 4.23. The number of allylic oxidation sites excluding steroid dienone is 2. The fraction of sp³-hybridized carbons (Fsp3) is 0.345. The van der Waals surface area contributed by atoms with Crippen molar-refractivity contribution < 1.29 is 14.4 Å². The maximum absolute atomic E-state index is 13.4. The Kier molecular flexibility index (Phi) is 6.43. The maximum Gasteiger partial charge on any atom is 0.262 e. The van der Waals surface area contributed by atoms with Gasteiger partial charge in [0.1, 0.15) is 0 Å². The van der Waals surface area contributed by atoms with Crippen molar-refractivity contribution >= 4 is 28.9 Å². The molecule has 1 atom stereocenters. The number of piperidine rings is 1. The summed E-state index contributed by atoms with van der Waals surface area (Å²) in [4.78, 5) is 43.1. The monoisotopic (exact) mass is 454 g/mol. The summed E-state index contributed by atoms with van der Waals surface area (Å²) in [5, 5.41) is 0. The number of carbonyl (C=O) groups excluding carboxylic acids is 3. The number of imide groups is 1. The first-order chi connectivity index (χ1) is 16.6. The van der Waals surface area contributed by atoms with E-state index in [1.54, 1.807) is 0 Å². The van der Waals surface area contributed by atoms with Gasteiger partial charge in [-0.3, -0.25) is 19.3 Å². The predicted molar refractivity (Wildman–Crippen MR) is 132 cm³/mol. The van der Waals surface area contributed by atoms with Crippen molar-refractivity contribution in [1.82, 2.24) is 9.80 Å². The first kappa shape index (κ1) is 22.3. The summed E-state index contributed by atoms with van der Waals surface area (Å²) in [7, 11) is 0. The highest BCUT2D eigenvalue weighted by molar-refractivity contribution is 6.48. The van der Waals surface area contributed by atoms with Crippen LogP contribution < -0.4 is 0 Å². The number of rotatable bonds is 6. The second-order valence-electron chi connectivity index (χ2n) is 9.29. The molecule has 0 spiro atoms. The molecule has 1 saturated heterocycles. The van der Waals surface area contributed by atoms with Crippen LogP contribution in [0.15, 0.2) is 72.4 Å². The van der Waals surface area contributed by atoms with E-state index >= 15 is 0 Å². The molecule has 2 aliphatic heterocycles. The molecule has 0 saturated carbocycles. The zero-order valence-electron chi connectivity index (χ0n) is 19.4. The van der Waals surface area contributed by atoms with Crippen molar-refractivity contribution in [2.75, 3.05) is 13.1 Å². The number of likely N-dealkylation sites (tertiary alicyclic amines) is 1. The second-order valence-corrected chi connectivity index (χ2v) is 9.29. The van der Waals surface area contributed by atoms with E-state index in [9.17, 15) is 14.4 Å². The predicted octanol–water partition coefficient (Wildman–Crippen LogP) is 5.05. The van der Waals surface area contributed by atoms with E-state index in [1.807, 2.05) is 65.6 Å². The molecule has 5 nitrogen and oxygen atoms in total. The van der Waals surface area contributed by atoms with Crippen molar-refractivity contribution in [2.24, 2.45) is 5.92 Å². The third-order valence-electron chi connectivity index (χ3n) is 7.14. The van der Waals surface area contributed by atoms with Gasteiger partial charge in [0.25, 0.3) is 11.8 Å². The van der Waals surface area contributed by atoms with E-state index in [2.05, 4.69) is 6.08 Å². The lowest BCUT2D eigenvalue weighted by molar-refractivity contribution is -0.137. The van der Waals surface area contributed by atoms with Crippen LogP contribution >= 0.6 is 0 Å². The zero-order valence-corrected chi connectivity index (χ0v) is 19.4. The fourth-order valence-electron chi connectivity index (χ4n) is 5.49. The van der Waals surface area contributed by atoms with Gasteiger partial charge >= 0.3 is 0 Å². The highest BCUT2D eigenvalue weighted by Gasteiger charge is 2.39. The number of nitrogens with zero attached hydrogens (tertiary/aromatic N) is 2. The number of benzene rings is 2. The minimum Gasteiger partial charge on any atom is -0.316 e. The molecule has 1 aliphatic carbocycles. The molecular formula is C29H30N2O3. The van der Waals surface area contributed by atoms with Crippen LogP contribution in [0.2, 0.25) is 0 Å². The normalized spacial score (nSPS) is 20.5. The Balaban J connectivity index is 1.31. The molecule has 3 aliphatic rings. The van der Waals surface area contributed by atoms with Gasteiger partial charge in [0, 0.05) is 25.2 Å². The Bertz CT molecular complexity index is 1090. The average Bonchev–Trinajstić information content (AvgIpc) is 3.14. The van der Waals surface area contributed by atoms with Gasteiger partial charge < -0.3 is 4.90 Å². The zero-order chi connectivity index (χ0) is 23.5. The molecule has 0 radical (unpaired) electrons. The first-order valence-corrected chi connectivity index (χ1v) is 12.4. The van der Waals surface area contributed by atoms with E-state index in [4.69, 9.17) is 0 Å². The summed E-state index contributed by atoms with van der Waals surface area (Å²) < 4.78 is 0. The molecule has 174 valence electrons. The highest BCUT2D eigenvalue weighted by Crippen LogP contribution is 2.37. The summed E-state index contributed by atoms with van der Waals surface area (Å²) in [6.07, 6.45) is 8.67. The van der Waals surface area contributed by atoms with Crippen LogP contribution in [0.4, 0.5) is 0 Å². The molecule has 3 amide bonds. The van der Waals surface area contributed by atoms with Gasteiger partial charge in [-0.2, -0.15) is 0 Å². The standard InChI is InChI=1S/C29H30N2O3/c32-25(30-19-9-16-21-11-7-8-17-24(21)30)18-10-20-31-28(33)26(22-12-3-1-4-13-22)27(29(31)34)23-14-5-2-6-15-23/h1-6,12-15,17,21H,7-11,16,18-20H2. The van der Waals surface area contributed by atoms with Crippen molar-refractivity contribution in [2.45, 2.75) is 44.9 Å². The molecular weight excluding hydrogens is 424 g/mol. The Labute approximate surface area is 200 Å². The summed E-state index contributed by atoms with van der Waals surface area (Å²) >= 11 is 0. The van der Waals surface area contributed by atoms with Crippen molar-refractivity contribution in [3.8, 4) is 0 Å². The van der Waals surface area contributed by atoms with Gasteiger partial charge in [-0.15, -0.1) is 0 Å². The van der Waals surface area contributed by atoms with Crippen LogP contribution in [0.5, 0.6) is 0 Å². The van der Waals surface area contributed by atoms with Crippen LogP contribution in [-0.4, -0.2) is 40.6 Å². The molecule has 0 aromatic heterocycles. The van der Waals surface area contributed by atoms with Gasteiger partial charge in [0.2, 0.25) is 5.91 Å². The SMILES string of the molecule is O=C(CCCN1C(=O)C(c2ccccc2)=C(c2ccccc2)C1=O)N1CCCC2CCCC=C21. The van der Waals surface area contributed by atoms with Crippen LogP contribution in [0.25, 0.3) is 11.1 Å². The topological polar surface area (TPSA) is 57.7 Å². The first-order valence-electron chi connectivity index (χ1n) is 12.4. The quantitative estimate of drug-likeness (QED) is 0.574. The van der Waals surface area contributed by atoms with Gasteiger partial charge in [0.05, 0.1) is 11.1 Å². The van der Waals surface area contributed by atoms with Gasteiger partial charge in [-0.05, 0) is 55.6 Å². The molecule has 34 heavy (non-hydrogen) atoms. The lowest BCUT2D eigenvalue weighted by atomic mass is 9.85. The van der Waals surface area contributed by atoms with Gasteiger partial charge in [-0.1, -0.05) is 66.7 Å². The Morgan fingerprint density at radius 3 is 2.03 bits per heavy atom. The lowest BCUT2D eigenvalue weighted by Crippen LogP contribution is -2.39. The summed E-state index contributed by atoms with van der Waals surface area (Å²) in [6, 6.07) is 18.7. The van der Waals surface area contributed by atoms with Crippen LogP contribution in [-0.2, 0) is 14.4 Å². The van der Waals surface area contributed by atoms with E-state index in [-0.39, 0.29) is 24.3 Å². The molecule has 2 aromatic carbocycles.